The van der Waals surface area contributed by atoms with Crippen LogP contribution in [0.2, 0.25) is 0 Å². The molecule has 2 aliphatic heterocycles. The first kappa shape index (κ1) is 21.1. The number of halogens is 3. The molecule has 0 aromatic heterocycles. The topological polar surface area (TPSA) is 43.9 Å². The maximum Gasteiger partial charge on any atom is 0.282 e. The number of carbonyl (C=O) groups is 2. The summed E-state index contributed by atoms with van der Waals surface area (Å²) in [5.74, 6) is -3.63. The van der Waals surface area contributed by atoms with Gasteiger partial charge in [0.05, 0.1) is 11.3 Å². The van der Waals surface area contributed by atoms with Gasteiger partial charge in [0, 0.05) is 19.2 Å². The van der Waals surface area contributed by atoms with Crippen LogP contribution in [0.4, 0.5) is 18.9 Å². The number of amides is 2. The molecule has 2 heterocycles. The van der Waals surface area contributed by atoms with Gasteiger partial charge in [-0.25, -0.2) is 18.1 Å². The van der Waals surface area contributed by atoms with Crippen LogP contribution < -0.4 is 4.90 Å². The van der Waals surface area contributed by atoms with E-state index in [0.29, 0.717) is 10.5 Å². The molecular formula is C23H22F3N3O2. The van der Waals surface area contributed by atoms with E-state index in [0.717, 1.165) is 44.1 Å². The highest BCUT2D eigenvalue weighted by molar-refractivity contribution is 6.45. The largest absolute Gasteiger partial charge is 0.366 e. The number of benzene rings is 2. The highest BCUT2D eigenvalue weighted by atomic mass is 19.1. The number of hydrogen-bond acceptors (Lipinski definition) is 4. The molecule has 0 saturated carbocycles. The first-order valence-corrected chi connectivity index (χ1v) is 10.0. The van der Waals surface area contributed by atoms with Crippen LogP contribution in [0.15, 0.2) is 48.2 Å². The Hall–Kier alpha value is -3.13. The molecule has 4 rings (SSSR count). The molecule has 1 fully saturated rings. The van der Waals surface area contributed by atoms with Crippen LogP contribution in [-0.4, -0.2) is 54.8 Å². The summed E-state index contributed by atoms with van der Waals surface area (Å²) in [5, 5.41) is 0. The summed E-state index contributed by atoms with van der Waals surface area (Å²) >= 11 is 0. The van der Waals surface area contributed by atoms with Crippen LogP contribution in [0.1, 0.15) is 18.4 Å². The first-order chi connectivity index (χ1) is 14.8. The summed E-state index contributed by atoms with van der Waals surface area (Å²) in [6.45, 7) is 1.66. The number of rotatable bonds is 4. The number of likely N-dealkylation sites (tertiary alicyclic amines) is 1. The van der Waals surface area contributed by atoms with Gasteiger partial charge in [-0.15, -0.1) is 0 Å². The fourth-order valence-corrected chi connectivity index (χ4v) is 4.16. The van der Waals surface area contributed by atoms with Crippen LogP contribution in [0, 0.1) is 17.5 Å². The standard InChI is InChI=1S/C23H22F3N3O2/c1-27-11-9-17(10-12-27)28(2)21-20(14-3-5-15(24)6-4-14)22(30)29(23(21)31)19-13-16(25)7-8-18(19)26/h3-8,13,17H,9-12H2,1-2H3. The van der Waals surface area contributed by atoms with Gasteiger partial charge in [0.15, 0.2) is 0 Å². The Bertz CT molecular complexity index is 1060. The molecule has 2 aromatic rings. The van der Waals surface area contributed by atoms with Crippen molar-refractivity contribution in [2.24, 2.45) is 0 Å². The fourth-order valence-electron chi connectivity index (χ4n) is 4.16. The number of anilines is 1. The van der Waals surface area contributed by atoms with E-state index in [1.807, 2.05) is 7.05 Å². The SMILES string of the molecule is CN1CCC(N(C)C2=C(c3ccc(F)cc3)C(=O)N(c3cc(F)ccc3F)C2=O)CC1. The van der Waals surface area contributed by atoms with Crippen molar-refractivity contribution >= 4 is 23.1 Å². The van der Waals surface area contributed by atoms with Crippen LogP contribution in [-0.2, 0) is 9.59 Å². The van der Waals surface area contributed by atoms with Gasteiger partial charge in [0.2, 0.25) is 0 Å². The van der Waals surface area contributed by atoms with E-state index in [4.69, 9.17) is 0 Å². The summed E-state index contributed by atoms with van der Waals surface area (Å²) in [5.41, 5.74) is 0.0557. The molecule has 8 heteroatoms. The molecule has 0 unspecified atom stereocenters. The number of piperidine rings is 1. The van der Waals surface area contributed by atoms with E-state index in [1.165, 1.54) is 24.3 Å². The highest BCUT2D eigenvalue weighted by Crippen LogP contribution is 2.37. The van der Waals surface area contributed by atoms with Crippen molar-refractivity contribution in [3.8, 4) is 0 Å². The third kappa shape index (κ3) is 3.83. The highest BCUT2D eigenvalue weighted by Gasteiger charge is 2.44. The lowest BCUT2D eigenvalue weighted by atomic mass is 10.00. The lowest BCUT2D eigenvalue weighted by molar-refractivity contribution is -0.120. The first-order valence-electron chi connectivity index (χ1n) is 10.0. The Kier molecular flexibility index (Phi) is 5.58. The summed E-state index contributed by atoms with van der Waals surface area (Å²) in [4.78, 5) is 31.3. The van der Waals surface area contributed by atoms with E-state index >= 15 is 0 Å². The molecule has 1 saturated heterocycles. The third-order valence-electron chi connectivity index (χ3n) is 5.93. The Morgan fingerprint density at radius 2 is 1.52 bits per heavy atom. The summed E-state index contributed by atoms with van der Waals surface area (Å²) < 4.78 is 41.8. The van der Waals surface area contributed by atoms with Gasteiger partial charge in [0.1, 0.15) is 23.1 Å². The average molecular weight is 429 g/mol. The molecular weight excluding hydrogens is 407 g/mol. The molecule has 0 aliphatic carbocycles. The number of imide groups is 1. The summed E-state index contributed by atoms with van der Waals surface area (Å²) in [6.07, 6.45) is 1.56. The molecule has 0 atom stereocenters. The second kappa shape index (κ2) is 8.19. The summed E-state index contributed by atoms with van der Waals surface area (Å²) in [6, 6.07) is 7.82. The molecule has 162 valence electrons. The van der Waals surface area contributed by atoms with Crippen molar-refractivity contribution in [3.05, 3.63) is 71.2 Å². The summed E-state index contributed by atoms with van der Waals surface area (Å²) in [7, 11) is 3.74. The van der Waals surface area contributed by atoms with Crippen LogP contribution in [0.5, 0.6) is 0 Å². The number of likely N-dealkylation sites (N-methyl/N-ethyl adjacent to an activating group) is 1. The molecule has 2 amide bonds. The monoisotopic (exact) mass is 429 g/mol. The van der Waals surface area contributed by atoms with Crippen molar-refractivity contribution in [3.63, 3.8) is 0 Å². The molecule has 5 nitrogen and oxygen atoms in total. The molecule has 2 aliphatic rings. The van der Waals surface area contributed by atoms with Gasteiger partial charge < -0.3 is 9.80 Å². The van der Waals surface area contributed by atoms with Gasteiger partial charge in [-0.3, -0.25) is 9.59 Å². The van der Waals surface area contributed by atoms with Gasteiger partial charge in [-0.1, -0.05) is 12.1 Å². The lowest BCUT2D eigenvalue weighted by Crippen LogP contribution is -2.43. The fraction of sp³-hybridized carbons (Fsp3) is 0.304. The third-order valence-corrected chi connectivity index (χ3v) is 5.93. The van der Waals surface area contributed by atoms with Crippen LogP contribution in [0.3, 0.4) is 0 Å². The van der Waals surface area contributed by atoms with E-state index in [9.17, 15) is 22.8 Å². The zero-order valence-electron chi connectivity index (χ0n) is 17.2. The molecule has 0 spiro atoms. The Labute approximate surface area is 178 Å². The van der Waals surface area contributed by atoms with Gasteiger partial charge in [-0.05, 0) is 62.8 Å². The lowest BCUT2D eigenvalue weighted by Gasteiger charge is -2.36. The van der Waals surface area contributed by atoms with Crippen LogP contribution >= 0.6 is 0 Å². The van der Waals surface area contributed by atoms with Crippen LogP contribution in [0.25, 0.3) is 5.57 Å². The van der Waals surface area contributed by atoms with Crippen molar-refractivity contribution in [1.82, 2.24) is 9.80 Å². The number of hydrogen-bond donors (Lipinski definition) is 0. The minimum Gasteiger partial charge on any atom is -0.366 e. The second-order valence-corrected chi connectivity index (χ2v) is 7.92. The van der Waals surface area contributed by atoms with Crippen molar-refractivity contribution < 1.29 is 22.8 Å². The normalized spacial score (nSPS) is 18.3. The van der Waals surface area contributed by atoms with Gasteiger partial charge >= 0.3 is 0 Å². The maximum absolute atomic E-state index is 14.5. The smallest absolute Gasteiger partial charge is 0.282 e. The quantitative estimate of drug-likeness (QED) is 0.699. The predicted octanol–water partition coefficient (Wildman–Crippen LogP) is 3.41. The Morgan fingerprint density at radius 3 is 2.16 bits per heavy atom. The molecule has 31 heavy (non-hydrogen) atoms. The Balaban J connectivity index is 1.81. The molecule has 0 bridgehead atoms. The zero-order chi connectivity index (χ0) is 22.3. The van der Waals surface area contributed by atoms with E-state index in [-0.39, 0.29) is 17.3 Å². The minimum atomic E-state index is -0.884. The van der Waals surface area contributed by atoms with Gasteiger partial charge in [-0.2, -0.15) is 0 Å². The minimum absolute atomic E-state index is 0.00398. The average Bonchev–Trinajstić information content (AvgIpc) is 3.00. The van der Waals surface area contributed by atoms with E-state index in [1.54, 1.807) is 11.9 Å². The van der Waals surface area contributed by atoms with E-state index in [2.05, 4.69) is 4.90 Å². The van der Waals surface area contributed by atoms with E-state index < -0.39 is 35.0 Å². The van der Waals surface area contributed by atoms with Crippen molar-refractivity contribution in [2.75, 3.05) is 32.1 Å². The van der Waals surface area contributed by atoms with Gasteiger partial charge in [0.25, 0.3) is 11.8 Å². The van der Waals surface area contributed by atoms with Crippen molar-refractivity contribution in [1.29, 1.82) is 0 Å². The number of carbonyl (C=O) groups excluding carboxylic acids is 2. The predicted molar refractivity (Wildman–Crippen MR) is 110 cm³/mol. The number of nitrogens with zero attached hydrogens (tertiary/aromatic N) is 3. The molecule has 2 aromatic carbocycles. The van der Waals surface area contributed by atoms with Crippen molar-refractivity contribution in [2.45, 2.75) is 18.9 Å². The molecule has 0 radical (unpaired) electrons. The maximum atomic E-state index is 14.5. The Morgan fingerprint density at radius 1 is 0.903 bits per heavy atom. The zero-order valence-corrected chi connectivity index (χ0v) is 17.2. The molecule has 0 N–H and O–H groups in total. The second-order valence-electron chi connectivity index (χ2n) is 7.92.